The van der Waals surface area contributed by atoms with Crippen LogP contribution in [-0.2, 0) is 6.54 Å². The van der Waals surface area contributed by atoms with Crippen molar-refractivity contribution in [2.45, 2.75) is 52.1 Å². The van der Waals surface area contributed by atoms with Crippen molar-refractivity contribution in [3.8, 4) is 5.75 Å². The Labute approximate surface area is 163 Å². The summed E-state index contributed by atoms with van der Waals surface area (Å²) in [6.45, 7) is 6.04. The molecule has 0 fully saturated rings. The van der Waals surface area contributed by atoms with Gasteiger partial charge in [0, 0.05) is 18.2 Å². The molecule has 0 aliphatic rings. The Hall–Kier alpha value is -2.32. The molecule has 0 aliphatic heterocycles. The summed E-state index contributed by atoms with van der Waals surface area (Å²) in [4.78, 5) is 0. The molecule has 2 heteroatoms. The molecular formula is C25H31NO. The minimum absolute atomic E-state index is 0.294. The van der Waals surface area contributed by atoms with Crippen molar-refractivity contribution in [3.05, 3.63) is 77.9 Å². The maximum absolute atomic E-state index is 6.19. The van der Waals surface area contributed by atoms with E-state index in [1.807, 2.05) is 0 Å². The molecule has 1 N–H and O–H groups in total. The van der Waals surface area contributed by atoms with Crippen LogP contribution in [0.25, 0.3) is 10.8 Å². The molecule has 2 nitrogen and oxygen atoms in total. The van der Waals surface area contributed by atoms with Crippen LogP contribution in [0.5, 0.6) is 5.75 Å². The zero-order valence-corrected chi connectivity index (χ0v) is 16.6. The van der Waals surface area contributed by atoms with Crippen molar-refractivity contribution in [2.75, 3.05) is 6.61 Å². The van der Waals surface area contributed by atoms with Gasteiger partial charge in [0.2, 0.25) is 0 Å². The van der Waals surface area contributed by atoms with Crippen LogP contribution in [0.2, 0.25) is 0 Å². The van der Waals surface area contributed by atoms with Crippen molar-refractivity contribution in [1.82, 2.24) is 5.32 Å². The fourth-order valence-electron chi connectivity index (χ4n) is 3.46. The molecule has 3 aromatic rings. The molecule has 0 aromatic heterocycles. The zero-order chi connectivity index (χ0) is 18.9. The molecule has 0 saturated heterocycles. The van der Waals surface area contributed by atoms with Gasteiger partial charge >= 0.3 is 0 Å². The molecule has 1 atom stereocenters. The monoisotopic (exact) mass is 361 g/mol. The van der Waals surface area contributed by atoms with Crippen LogP contribution < -0.4 is 10.1 Å². The van der Waals surface area contributed by atoms with E-state index in [0.717, 1.165) is 25.3 Å². The lowest BCUT2D eigenvalue weighted by Crippen LogP contribution is -2.19. The summed E-state index contributed by atoms with van der Waals surface area (Å²) in [6, 6.07) is 23.8. The summed E-state index contributed by atoms with van der Waals surface area (Å²) >= 11 is 0. The number of hydrogen-bond acceptors (Lipinski definition) is 2. The minimum Gasteiger partial charge on any atom is -0.493 e. The van der Waals surface area contributed by atoms with Crippen molar-refractivity contribution >= 4 is 10.8 Å². The summed E-state index contributed by atoms with van der Waals surface area (Å²) in [5.74, 6) is 1.01. The molecule has 0 amide bonds. The van der Waals surface area contributed by atoms with E-state index in [4.69, 9.17) is 4.74 Å². The fraction of sp³-hybridized carbons (Fsp3) is 0.360. The van der Waals surface area contributed by atoms with Crippen LogP contribution in [0.15, 0.2) is 66.7 Å². The van der Waals surface area contributed by atoms with Gasteiger partial charge in [0.25, 0.3) is 0 Å². The van der Waals surface area contributed by atoms with Gasteiger partial charge < -0.3 is 10.1 Å². The van der Waals surface area contributed by atoms with Gasteiger partial charge in [0.05, 0.1) is 6.61 Å². The number of unbranched alkanes of at least 4 members (excludes halogenated alkanes) is 3. The second-order valence-corrected chi connectivity index (χ2v) is 7.19. The molecule has 0 saturated carbocycles. The highest BCUT2D eigenvalue weighted by Crippen LogP contribution is 2.29. The summed E-state index contributed by atoms with van der Waals surface area (Å²) < 4.78 is 6.19. The summed E-state index contributed by atoms with van der Waals surface area (Å²) in [5.41, 5.74) is 2.56. The van der Waals surface area contributed by atoms with Crippen LogP contribution in [0.3, 0.4) is 0 Å². The molecule has 3 rings (SSSR count). The van der Waals surface area contributed by atoms with Crippen LogP contribution >= 0.6 is 0 Å². The first kappa shape index (κ1) is 19.4. The van der Waals surface area contributed by atoms with E-state index in [-0.39, 0.29) is 0 Å². The first-order valence-electron chi connectivity index (χ1n) is 10.2. The molecule has 3 aromatic carbocycles. The van der Waals surface area contributed by atoms with Gasteiger partial charge in [-0.3, -0.25) is 0 Å². The van der Waals surface area contributed by atoms with Crippen LogP contribution in [0, 0.1) is 0 Å². The highest BCUT2D eigenvalue weighted by Gasteiger charge is 2.11. The topological polar surface area (TPSA) is 21.3 Å². The van der Waals surface area contributed by atoms with Gasteiger partial charge in [0.1, 0.15) is 5.75 Å². The highest BCUT2D eigenvalue weighted by molar-refractivity contribution is 5.87. The van der Waals surface area contributed by atoms with Gasteiger partial charge in [-0.05, 0) is 35.7 Å². The second-order valence-electron chi connectivity index (χ2n) is 7.19. The SMILES string of the molecule is CCCCCCOc1ccc2ccccc2c1CNC(C)c1ccccc1. The first-order chi connectivity index (χ1) is 13.3. The van der Waals surface area contributed by atoms with E-state index < -0.39 is 0 Å². The van der Waals surface area contributed by atoms with E-state index in [9.17, 15) is 0 Å². The molecule has 0 bridgehead atoms. The standard InChI is InChI=1S/C25H31NO/c1-3-4-5-11-18-27-25-17-16-22-14-9-10-15-23(22)24(25)19-26-20(2)21-12-7-6-8-13-21/h6-10,12-17,20,26H,3-5,11,18-19H2,1-2H3. The third-order valence-electron chi connectivity index (χ3n) is 5.14. The Kier molecular flexibility index (Phi) is 7.29. The van der Waals surface area contributed by atoms with E-state index in [1.165, 1.54) is 41.2 Å². The zero-order valence-electron chi connectivity index (χ0n) is 16.6. The van der Waals surface area contributed by atoms with Gasteiger partial charge in [0.15, 0.2) is 0 Å². The Morgan fingerprint density at radius 1 is 0.852 bits per heavy atom. The van der Waals surface area contributed by atoms with Crippen molar-refractivity contribution in [3.63, 3.8) is 0 Å². The lowest BCUT2D eigenvalue weighted by Gasteiger charge is -2.18. The molecule has 0 spiro atoms. The third-order valence-corrected chi connectivity index (χ3v) is 5.14. The third kappa shape index (κ3) is 5.33. The lowest BCUT2D eigenvalue weighted by molar-refractivity contribution is 0.301. The van der Waals surface area contributed by atoms with Crippen molar-refractivity contribution < 1.29 is 4.74 Å². The summed E-state index contributed by atoms with van der Waals surface area (Å²) in [7, 11) is 0. The number of fused-ring (bicyclic) bond motifs is 1. The molecule has 0 aliphatic carbocycles. The van der Waals surface area contributed by atoms with Crippen LogP contribution in [0.1, 0.15) is 56.7 Å². The number of benzene rings is 3. The number of nitrogens with one attached hydrogen (secondary N) is 1. The largest absolute Gasteiger partial charge is 0.493 e. The minimum atomic E-state index is 0.294. The maximum Gasteiger partial charge on any atom is 0.124 e. The smallest absolute Gasteiger partial charge is 0.124 e. The molecule has 0 radical (unpaired) electrons. The average molecular weight is 362 g/mol. The normalized spacial score (nSPS) is 12.2. The molecule has 0 heterocycles. The van der Waals surface area contributed by atoms with Crippen molar-refractivity contribution in [1.29, 1.82) is 0 Å². The predicted molar refractivity (Wildman–Crippen MR) is 115 cm³/mol. The van der Waals surface area contributed by atoms with Crippen LogP contribution in [0.4, 0.5) is 0 Å². The van der Waals surface area contributed by atoms with E-state index >= 15 is 0 Å². The molecule has 142 valence electrons. The summed E-state index contributed by atoms with van der Waals surface area (Å²) in [6.07, 6.45) is 4.89. The highest BCUT2D eigenvalue weighted by atomic mass is 16.5. The van der Waals surface area contributed by atoms with Crippen molar-refractivity contribution in [2.24, 2.45) is 0 Å². The Morgan fingerprint density at radius 3 is 2.44 bits per heavy atom. The quantitative estimate of drug-likeness (QED) is 0.408. The fourth-order valence-corrected chi connectivity index (χ4v) is 3.46. The summed E-state index contributed by atoms with van der Waals surface area (Å²) in [5, 5.41) is 6.22. The molecular weight excluding hydrogens is 330 g/mol. The van der Waals surface area contributed by atoms with E-state index in [0.29, 0.717) is 6.04 Å². The maximum atomic E-state index is 6.19. The predicted octanol–water partition coefficient (Wildman–Crippen LogP) is 6.65. The van der Waals surface area contributed by atoms with Crippen LogP contribution in [-0.4, -0.2) is 6.61 Å². The second kappa shape index (κ2) is 10.1. The Morgan fingerprint density at radius 2 is 1.63 bits per heavy atom. The molecule has 27 heavy (non-hydrogen) atoms. The van der Waals surface area contributed by atoms with E-state index in [1.54, 1.807) is 0 Å². The van der Waals surface area contributed by atoms with E-state index in [2.05, 4.69) is 85.9 Å². The number of rotatable bonds is 10. The van der Waals surface area contributed by atoms with Gasteiger partial charge in [-0.1, -0.05) is 86.8 Å². The van der Waals surface area contributed by atoms with Gasteiger partial charge in [-0.2, -0.15) is 0 Å². The van der Waals surface area contributed by atoms with Gasteiger partial charge in [-0.25, -0.2) is 0 Å². The Balaban J connectivity index is 1.75. The van der Waals surface area contributed by atoms with Gasteiger partial charge in [-0.15, -0.1) is 0 Å². The first-order valence-corrected chi connectivity index (χ1v) is 10.2. The number of hydrogen-bond donors (Lipinski definition) is 1. The number of ether oxygens (including phenoxy) is 1. The molecule has 1 unspecified atom stereocenters. The lowest BCUT2D eigenvalue weighted by atomic mass is 10.0. The average Bonchev–Trinajstić information content (AvgIpc) is 2.72. The Bertz CT molecular complexity index is 828.